The van der Waals surface area contributed by atoms with E-state index in [0.717, 1.165) is 116 Å². The highest BCUT2D eigenvalue weighted by atomic mass is 16.6. The van der Waals surface area contributed by atoms with E-state index in [9.17, 15) is 28.8 Å². The Morgan fingerprint density at radius 3 is 0.750 bits per heavy atom. The minimum atomic E-state index is -0.543. The van der Waals surface area contributed by atoms with Gasteiger partial charge in [-0.3, -0.25) is 28.8 Å². The molecule has 0 heterocycles. The van der Waals surface area contributed by atoms with Crippen molar-refractivity contribution in [3.63, 3.8) is 0 Å². The molecule has 0 saturated carbocycles. The first-order valence-corrected chi connectivity index (χ1v) is 26.0. The fraction of sp³-hybridized carbons (Fsp3) is 0.885. The van der Waals surface area contributed by atoms with Crippen molar-refractivity contribution in [2.24, 2.45) is 0 Å². The maximum atomic E-state index is 13.4. The Bertz CT molecular complexity index is 1100. The highest BCUT2D eigenvalue weighted by Gasteiger charge is 2.30. The zero-order valence-electron chi connectivity index (χ0n) is 41.7. The van der Waals surface area contributed by atoms with Gasteiger partial charge in [0.15, 0.2) is 0 Å². The number of carbonyl (C=O) groups is 6. The third kappa shape index (κ3) is 36.1. The van der Waals surface area contributed by atoms with E-state index in [1.54, 1.807) is 0 Å². The molecule has 0 N–H and O–H groups in total. The van der Waals surface area contributed by atoms with E-state index in [4.69, 9.17) is 28.4 Å². The number of esters is 6. The second-order valence-electron chi connectivity index (χ2n) is 17.7. The fourth-order valence-corrected chi connectivity index (χ4v) is 7.89. The first kappa shape index (κ1) is 60.8. The van der Waals surface area contributed by atoms with Crippen LogP contribution in [0, 0.1) is 0 Å². The lowest BCUT2D eigenvalue weighted by molar-refractivity contribution is -0.170. The predicted octanol–water partition coefficient (Wildman–Crippen LogP) is 13.1. The van der Waals surface area contributed by atoms with Gasteiger partial charge in [0.05, 0.1) is 14.2 Å². The van der Waals surface area contributed by atoms with Gasteiger partial charge in [0.2, 0.25) is 0 Å². The quantitative estimate of drug-likeness (QED) is 0.0324. The highest BCUT2D eigenvalue weighted by molar-refractivity contribution is 5.72. The maximum absolute atomic E-state index is 13.4. The van der Waals surface area contributed by atoms with Gasteiger partial charge >= 0.3 is 35.8 Å². The van der Waals surface area contributed by atoms with Crippen molar-refractivity contribution in [2.45, 2.75) is 283 Å². The summed E-state index contributed by atoms with van der Waals surface area (Å²) in [5.41, 5.74) is 0. The van der Waals surface area contributed by atoms with Crippen molar-refractivity contribution >= 4 is 35.8 Å². The number of carbonyl (C=O) groups excluding carboxylic acids is 6. The Labute approximate surface area is 389 Å². The minimum absolute atomic E-state index is 0.133. The summed E-state index contributed by atoms with van der Waals surface area (Å²) < 4.78 is 33.7. The van der Waals surface area contributed by atoms with Crippen molar-refractivity contribution in [1.29, 1.82) is 0 Å². The maximum Gasteiger partial charge on any atom is 0.306 e. The zero-order valence-corrected chi connectivity index (χ0v) is 41.7. The Morgan fingerprint density at radius 2 is 0.484 bits per heavy atom. The van der Waals surface area contributed by atoms with Crippen LogP contribution in [0.5, 0.6) is 0 Å². The lowest BCUT2D eigenvalue weighted by Crippen LogP contribution is -2.35. The van der Waals surface area contributed by atoms with Crippen LogP contribution in [0.2, 0.25) is 0 Å². The molecule has 374 valence electrons. The summed E-state index contributed by atoms with van der Waals surface area (Å²) in [6, 6.07) is 0. The van der Waals surface area contributed by atoms with E-state index in [0.29, 0.717) is 77.0 Å². The van der Waals surface area contributed by atoms with Gasteiger partial charge in [-0.25, -0.2) is 0 Å². The van der Waals surface area contributed by atoms with Crippen LogP contribution < -0.4 is 0 Å². The SMILES string of the molecule is CCCCCCCCC(OC(=O)CCCCC(=O)OC(CCCCCCCC)C(CCCCCCCC(=O)OC)OC(=O)CCC)C(CCCCCCCC(=O)OC)OC(=O)CCC. The van der Waals surface area contributed by atoms with Crippen LogP contribution in [0.1, 0.15) is 259 Å². The molecule has 0 amide bonds. The number of rotatable bonds is 45. The molecule has 0 aliphatic heterocycles. The molecule has 0 bridgehead atoms. The molecular formula is C52H94O12. The van der Waals surface area contributed by atoms with Crippen molar-refractivity contribution in [1.82, 2.24) is 0 Å². The number of hydrogen-bond acceptors (Lipinski definition) is 12. The molecule has 12 heteroatoms. The van der Waals surface area contributed by atoms with E-state index < -0.39 is 24.4 Å². The van der Waals surface area contributed by atoms with Gasteiger partial charge in [0.1, 0.15) is 24.4 Å². The van der Waals surface area contributed by atoms with Crippen molar-refractivity contribution in [3.8, 4) is 0 Å². The van der Waals surface area contributed by atoms with Crippen LogP contribution in [0.4, 0.5) is 0 Å². The van der Waals surface area contributed by atoms with Gasteiger partial charge < -0.3 is 28.4 Å². The van der Waals surface area contributed by atoms with Crippen molar-refractivity contribution in [3.05, 3.63) is 0 Å². The summed E-state index contributed by atoms with van der Waals surface area (Å²) in [7, 11) is 2.80. The third-order valence-electron chi connectivity index (χ3n) is 11.8. The molecule has 0 fully saturated rings. The second kappa shape index (κ2) is 43.7. The van der Waals surface area contributed by atoms with E-state index in [2.05, 4.69) is 13.8 Å². The second-order valence-corrected chi connectivity index (χ2v) is 17.7. The molecule has 0 aliphatic carbocycles. The summed E-state index contributed by atoms with van der Waals surface area (Å²) in [6.45, 7) is 8.25. The van der Waals surface area contributed by atoms with Crippen molar-refractivity contribution in [2.75, 3.05) is 14.2 Å². The van der Waals surface area contributed by atoms with E-state index in [1.165, 1.54) is 39.9 Å². The number of hydrogen-bond donors (Lipinski definition) is 0. The first-order valence-electron chi connectivity index (χ1n) is 26.0. The molecule has 0 aromatic carbocycles. The lowest BCUT2D eigenvalue weighted by Gasteiger charge is -2.28. The monoisotopic (exact) mass is 911 g/mol. The smallest absolute Gasteiger partial charge is 0.306 e. The Morgan fingerprint density at radius 1 is 0.266 bits per heavy atom. The molecule has 0 rings (SSSR count). The molecule has 0 aliphatic rings. The number of unbranched alkanes of at least 4 members (excludes halogenated alkanes) is 19. The third-order valence-corrected chi connectivity index (χ3v) is 11.8. The van der Waals surface area contributed by atoms with Crippen LogP contribution >= 0.6 is 0 Å². The summed E-state index contributed by atoms with van der Waals surface area (Å²) >= 11 is 0. The van der Waals surface area contributed by atoms with Gasteiger partial charge in [-0.05, 0) is 89.9 Å². The van der Waals surface area contributed by atoms with Crippen LogP contribution in [-0.2, 0) is 57.2 Å². The van der Waals surface area contributed by atoms with Crippen LogP contribution in [0.3, 0.4) is 0 Å². The first-order chi connectivity index (χ1) is 31.0. The molecule has 0 radical (unpaired) electrons. The largest absolute Gasteiger partial charge is 0.469 e. The molecule has 64 heavy (non-hydrogen) atoms. The Kier molecular flexibility index (Phi) is 41.5. The minimum Gasteiger partial charge on any atom is -0.469 e. The average Bonchev–Trinajstić information content (AvgIpc) is 3.27. The highest BCUT2D eigenvalue weighted by Crippen LogP contribution is 2.24. The average molecular weight is 911 g/mol. The molecule has 4 atom stereocenters. The van der Waals surface area contributed by atoms with Crippen molar-refractivity contribution < 1.29 is 57.2 Å². The van der Waals surface area contributed by atoms with E-state index in [-0.39, 0.29) is 48.7 Å². The predicted molar refractivity (Wildman–Crippen MR) is 252 cm³/mol. The zero-order chi connectivity index (χ0) is 47.5. The number of methoxy groups -OCH3 is 2. The standard InChI is InChI=1S/C52H94O12/c1-7-11-13-15-19-25-37-45(43(61-49(55)33-9-3)35-27-21-17-23-29-39-47(53)59-5)63-51(57)41-31-32-42-52(58)64-46(38-26-20-16-14-12-8-2)44(62-50(56)34-10-4)36-28-22-18-24-30-40-48(54)60-6/h43-46H,7-42H2,1-6H3. The van der Waals surface area contributed by atoms with Gasteiger partial charge in [0.25, 0.3) is 0 Å². The molecule has 12 nitrogen and oxygen atoms in total. The molecule has 0 spiro atoms. The summed E-state index contributed by atoms with van der Waals surface area (Å²) in [6.07, 6.45) is 25.9. The summed E-state index contributed by atoms with van der Waals surface area (Å²) in [4.78, 5) is 75.3. The van der Waals surface area contributed by atoms with Gasteiger partial charge in [-0.2, -0.15) is 0 Å². The summed E-state index contributed by atoms with van der Waals surface area (Å²) in [5, 5.41) is 0. The molecule has 0 saturated heterocycles. The molecule has 0 aromatic heterocycles. The lowest BCUT2D eigenvalue weighted by atomic mass is 9.98. The fourth-order valence-electron chi connectivity index (χ4n) is 7.89. The molecule has 0 aromatic rings. The van der Waals surface area contributed by atoms with Crippen LogP contribution in [0.25, 0.3) is 0 Å². The van der Waals surface area contributed by atoms with Crippen LogP contribution in [0.15, 0.2) is 0 Å². The molecule has 4 unspecified atom stereocenters. The Hall–Kier alpha value is -3.18. The normalized spacial score (nSPS) is 13.0. The van der Waals surface area contributed by atoms with Gasteiger partial charge in [-0.1, -0.05) is 130 Å². The van der Waals surface area contributed by atoms with E-state index >= 15 is 0 Å². The summed E-state index contributed by atoms with van der Waals surface area (Å²) in [5.74, 6) is -1.68. The van der Waals surface area contributed by atoms with Gasteiger partial charge in [-0.15, -0.1) is 0 Å². The topological polar surface area (TPSA) is 158 Å². The van der Waals surface area contributed by atoms with Gasteiger partial charge in [0, 0.05) is 38.5 Å². The van der Waals surface area contributed by atoms with E-state index in [1.807, 2.05) is 13.8 Å². The Balaban J connectivity index is 5.60. The number of ether oxygens (including phenoxy) is 6. The van der Waals surface area contributed by atoms with Crippen LogP contribution in [-0.4, -0.2) is 74.5 Å². The molecular weight excluding hydrogens is 817 g/mol.